The Hall–Kier alpha value is -2.66. The number of rotatable bonds is 4. The number of methoxy groups -OCH3 is 1. The van der Waals surface area contributed by atoms with Gasteiger partial charge in [-0.05, 0) is 52.9 Å². The minimum atomic E-state index is -0.190. The van der Waals surface area contributed by atoms with Gasteiger partial charge >= 0.3 is 0 Å². The monoisotopic (exact) mass is 324 g/mol. The zero-order valence-electron chi connectivity index (χ0n) is 12.9. The molecule has 1 N–H and O–H groups in total. The Balaban J connectivity index is 1.81. The van der Waals surface area contributed by atoms with E-state index < -0.39 is 0 Å². The first-order valence-corrected chi connectivity index (χ1v) is 8.01. The average molecular weight is 324 g/mol. The van der Waals surface area contributed by atoms with Gasteiger partial charge in [-0.25, -0.2) is 5.43 Å². The van der Waals surface area contributed by atoms with Crippen LogP contribution in [-0.4, -0.2) is 18.7 Å². The molecule has 0 fully saturated rings. The number of amides is 1. The molecule has 1 aromatic heterocycles. The Labute approximate surface area is 138 Å². The summed E-state index contributed by atoms with van der Waals surface area (Å²) >= 11 is 1.39. The van der Waals surface area contributed by atoms with Crippen molar-refractivity contribution in [3.63, 3.8) is 0 Å². The fourth-order valence-electron chi connectivity index (χ4n) is 2.24. The van der Waals surface area contributed by atoms with E-state index in [2.05, 4.69) is 10.5 Å². The topological polar surface area (TPSA) is 50.7 Å². The van der Waals surface area contributed by atoms with E-state index in [1.54, 1.807) is 13.2 Å². The summed E-state index contributed by atoms with van der Waals surface area (Å²) in [6.07, 6.45) is 0. The van der Waals surface area contributed by atoms with Gasteiger partial charge in [0, 0.05) is 0 Å². The summed E-state index contributed by atoms with van der Waals surface area (Å²) in [5, 5.41) is 8.25. The number of benzene rings is 2. The summed E-state index contributed by atoms with van der Waals surface area (Å²) in [5.41, 5.74) is 4.31. The first-order chi connectivity index (χ1) is 11.2. The van der Waals surface area contributed by atoms with Crippen LogP contribution in [0.4, 0.5) is 0 Å². The lowest BCUT2D eigenvalue weighted by Crippen LogP contribution is -2.18. The zero-order valence-corrected chi connectivity index (χ0v) is 13.7. The fraction of sp³-hybridized carbons (Fsp3) is 0.111. The number of nitrogens with zero attached hydrogens (tertiary/aromatic N) is 1. The third kappa shape index (κ3) is 3.40. The van der Waals surface area contributed by atoms with Gasteiger partial charge in [-0.3, -0.25) is 4.79 Å². The number of carbonyl (C=O) groups is 1. The second-order valence-electron chi connectivity index (χ2n) is 5.04. The number of hydrazone groups is 1. The molecule has 4 nitrogen and oxygen atoms in total. The number of thiophene rings is 1. The molecule has 0 spiro atoms. The van der Waals surface area contributed by atoms with Crippen molar-refractivity contribution in [2.75, 3.05) is 7.11 Å². The minimum absolute atomic E-state index is 0.190. The zero-order chi connectivity index (χ0) is 16.2. The molecule has 3 aromatic rings. The van der Waals surface area contributed by atoms with E-state index in [1.807, 2.05) is 54.8 Å². The molecule has 0 unspecified atom stereocenters. The Morgan fingerprint density at radius 3 is 2.65 bits per heavy atom. The molecule has 1 heterocycles. The molecular formula is C18H16N2O2S. The molecule has 5 heteroatoms. The van der Waals surface area contributed by atoms with E-state index in [9.17, 15) is 4.79 Å². The largest absolute Gasteiger partial charge is 0.497 e. The van der Waals surface area contributed by atoms with Crippen molar-refractivity contribution in [3.05, 3.63) is 64.4 Å². The summed E-state index contributed by atoms with van der Waals surface area (Å²) in [6.45, 7) is 1.87. The maximum atomic E-state index is 11.9. The van der Waals surface area contributed by atoms with Gasteiger partial charge in [-0.2, -0.15) is 5.10 Å². The number of nitrogens with one attached hydrogen (secondary N) is 1. The van der Waals surface area contributed by atoms with E-state index in [0.29, 0.717) is 4.88 Å². The van der Waals surface area contributed by atoms with E-state index in [4.69, 9.17) is 4.74 Å². The van der Waals surface area contributed by atoms with Gasteiger partial charge in [0.15, 0.2) is 0 Å². The Kier molecular flexibility index (Phi) is 4.39. The van der Waals surface area contributed by atoms with Crippen molar-refractivity contribution in [2.24, 2.45) is 5.10 Å². The second-order valence-corrected chi connectivity index (χ2v) is 5.99. The van der Waals surface area contributed by atoms with Crippen molar-refractivity contribution >= 4 is 33.7 Å². The Morgan fingerprint density at radius 2 is 1.91 bits per heavy atom. The highest BCUT2D eigenvalue weighted by atomic mass is 32.1. The predicted molar refractivity (Wildman–Crippen MR) is 94.5 cm³/mol. The van der Waals surface area contributed by atoms with Gasteiger partial charge in [0.1, 0.15) is 5.75 Å². The summed E-state index contributed by atoms with van der Waals surface area (Å²) in [7, 11) is 1.66. The number of hydrogen-bond donors (Lipinski definition) is 1. The van der Waals surface area contributed by atoms with Crippen LogP contribution in [-0.2, 0) is 0 Å². The van der Waals surface area contributed by atoms with Gasteiger partial charge < -0.3 is 4.74 Å². The van der Waals surface area contributed by atoms with E-state index in [1.165, 1.54) is 11.3 Å². The first kappa shape index (κ1) is 15.2. The maximum absolute atomic E-state index is 11.9. The molecule has 0 aliphatic heterocycles. The second kappa shape index (κ2) is 6.62. The maximum Gasteiger partial charge on any atom is 0.281 e. The molecule has 2 aromatic carbocycles. The summed E-state index contributed by atoms with van der Waals surface area (Å²) in [6, 6.07) is 15.6. The van der Waals surface area contributed by atoms with Crippen LogP contribution >= 0.6 is 11.3 Å². The number of ether oxygens (including phenoxy) is 1. The molecule has 1 amide bonds. The lowest BCUT2D eigenvalue weighted by Gasteiger charge is -2.06. The number of fused-ring (bicyclic) bond motifs is 1. The fourth-order valence-corrected chi connectivity index (χ4v) is 2.85. The van der Waals surface area contributed by atoms with Gasteiger partial charge in [0.25, 0.3) is 5.91 Å². The van der Waals surface area contributed by atoms with Gasteiger partial charge in [-0.1, -0.05) is 24.3 Å². The Morgan fingerprint density at radius 1 is 1.13 bits per heavy atom. The molecule has 116 valence electrons. The third-order valence-corrected chi connectivity index (χ3v) is 4.40. The van der Waals surface area contributed by atoms with Crippen LogP contribution in [0.1, 0.15) is 22.2 Å². The van der Waals surface area contributed by atoms with Crippen LogP contribution in [0.15, 0.2) is 59.0 Å². The van der Waals surface area contributed by atoms with Crippen molar-refractivity contribution < 1.29 is 9.53 Å². The lowest BCUT2D eigenvalue weighted by atomic mass is 10.0. The summed E-state index contributed by atoms with van der Waals surface area (Å²) < 4.78 is 5.23. The highest BCUT2D eigenvalue weighted by molar-refractivity contribution is 7.12. The van der Waals surface area contributed by atoms with E-state index in [-0.39, 0.29) is 5.91 Å². The van der Waals surface area contributed by atoms with Gasteiger partial charge in [0.2, 0.25) is 0 Å². The number of hydrogen-bond acceptors (Lipinski definition) is 4. The van der Waals surface area contributed by atoms with Crippen LogP contribution in [0.2, 0.25) is 0 Å². The SMILES string of the molecule is COc1ccc2cc(/C(C)=N\NC(=O)c3cccs3)ccc2c1. The van der Waals surface area contributed by atoms with E-state index in [0.717, 1.165) is 27.8 Å². The normalized spacial score (nSPS) is 11.5. The first-order valence-electron chi connectivity index (χ1n) is 7.13. The predicted octanol–water partition coefficient (Wildman–Crippen LogP) is 4.06. The van der Waals surface area contributed by atoms with E-state index >= 15 is 0 Å². The summed E-state index contributed by atoms with van der Waals surface area (Å²) in [5.74, 6) is 0.642. The van der Waals surface area contributed by atoms with Gasteiger partial charge in [0.05, 0.1) is 17.7 Å². The van der Waals surface area contributed by atoms with Crippen molar-refractivity contribution in [3.8, 4) is 5.75 Å². The molecule has 0 saturated carbocycles. The molecule has 3 rings (SSSR count). The highest BCUT2D eigenvalue weighted by Crippen LogP contribution is 2.22. The quantitative estimate of drug-likeness (QED) is 0.581. The van der Waals surface area contributed by atoms with Crippen molar-refractivity contribution in [1.29, 1.82) is 0 Å². The third-order valence-electron chi connectivity index (χ3n) is 3.54. The molecule has 0 aliphatic rings. The van der Waals surface area contributed by atoms with Crippen LogP contribution in [0.5, 0.6) is 5.75 Å². The van der Waals surface area contributed by atoms with Crippen LogP contribution < -0.4 is 10.2 Å². The molecule has 0 bridgehead atoms. The average Bonchev–Trinajstić information content (AvgIpc) is 3.13. The number of carbonyl (C=O) groups excluding carboxylic acids is 1. The van der Waals surface area contributed by atoms with Crippen molar-refractivity contribution in [1.82, 2.24) is 5.43 Å². The standard InChI is InChI=1S/C18H16N2O2S/c1-12(19-20-18(21)17-4-3-9-23-17)13-5-6-15-11-16(22-2)8-7-14(15)10-13/h3-11H,1-2H3,(H,20,21)/b19-12-. The van der Waals surface area contributed by atoms with Gasteiger partial charge in [-0.15, -0.1) is 11.3 Å². The molecule has 0 aliphatic carbocycles. The Bertz CT molecular complexity index is 870. The van der Waals surface area contributed by atoms with Crippen LogP contribution in [0.25, 0.3) is 10.8 Å². The van der Waals surface area contributed by atoms with Crippen molar-refractivity contribution in [2.45, 2.75) is 6.92 Å². The molecule has 23 heavy (non-hydrogen) atoms. The smallest absolute Gasteiger partial charge is 0.281 e. The minimum Gasteiger partial charge on any atom is -0.497 e. The molecule has 0 saturated heterocycles. The lowest BCUT2D eigenvalue weighted by molar-refractivity contribution is 0.0959. The molecule has 0 atom stereocenters. The highest BCUT2D eigenvalue weighted by Gasteiger charge is 2.06. The summed E-state index contributed by atoms with van der Waals surface area (Å²) in [4.78, 5) is 12.5. The van der Waals surface area contributed by atoms with Crippen LogP contribution in [0.3, 0.4) is 0 Å². The molecular weight excluding hydrogens is 308 g/mol. The van der Waals surface area contributed by atoms with Crippen LogP contribution in [0, 0.1) is 0 Å². The molecule has 0 radical (unpaired) electrons.